The van der Waals surface area contributed by atoms with E-state index in [0.29, 0.717) is 5.76 Å². The van der Waals surface area contributed by atoms with E-state index >= 15 is 0 Å². The molecule has 0 aliphatic rings. The fourth-order valence-corrected chi connectivity index (χ4v) is 2.12. The molecule has 0 unspecified atom stereocenters. The van der Waals surface area contributed by atoms with Crippen molar-refractivity contribution in [1.82, 2.24) is 14.8 Å². The standard InChI is InChI=1S/C10H13N3O2S/c1-13-9(8-4-2-6-15-8)11-12-10(13)16-7-3-5-14/h2,4,6,14H,3,5,7H2,1H3. The number of aromatic nitrogens is 3. The molecule has 0 aromatic carbocycles. The molecule has 2 aromatic rings. The molecule has 1 N–H and O–H groups in total. The largest absolute Gasteiger partial charge is 0.461 e. The van der Waals surface area contributed by atoms with Gasteiger partial charge in [-0.3, -0.25) is 0 Å². The van der Waals surface area contributed by atoms with E-state index in [4.69, 9.17) is 9.52 Å². The van der Waals surface area contributed by atoms with Crippen LogP contribution in [-0.4, -0.2) is 32.2 Å². The van der Waals surface area contributed by atoms with Crippen LogP contribution in [0.1, 0.15) is 6.42 Å². The highest BCUT2D eigenvalue weighted by Gasteiger charge is 2.12. The molecule has 86 valence electrons. The minimum absolute atomic E-state index is 0.204. The van der Waals surface area contributed by atoms with Crippen molar-refractivity contribution in [3.63, 3.8) is 0 Å². The molecule has 2 rings (SSSR count). The molecule has 0 fully saturated rings. The third-order valence-electron chi connectivity index (χ3n) is 2.11. The van der Waals surface area contributed by atoms with Crippen molar-refractivity contribution in [2.75, 3.05) is 12.4 Å². The van der Waals surface area contributed by atoms with Crippen LogP contribution in [0, 0.1) is 0 Å². The van der Waals surface area contributed by atoms with E-state index in [1.807, 2.05) is 23.7 Å². The van der Waals surface area contributed by atoms with Gasteiger partial charge in [-0.05, 0) is 18.6 Å². The molecular weight excluding hydrogens is 226 g/mol. The van der Waals surface area contributed by atoms with Crippen molar-refractivity contribution in [2.45, 2.75) is 11.6 Å². The molecule has 16 heavy (non-hydrogen) atoms. The summed E-state index contributed by atoms with van der Waals surface area (Å²) in [4.78, 5) is 0. The molecule has 5 nitrogen and oxygen atoms in total. The first-order valence-electron chi connectivity index (χ1n) is 5.00. The van der Waals surface area contributed by atoms with Crippen molar-refractivity contribution in [3.8, 4) is 11.6 Å². The molecule has 2 aromatic heterocycles. The number of aliphatic hydroxyl groups excluding tert-OH is 1. The van der Waals surface area contributed by atoms with Gasteiger partial charge in [-0.1, -0.05) is 11.8 Å². The Labute approximate surface area is 97.5 Å². The number of hydrogen-bond acceptors (Lipinski definition) is 5. The van der Waals surface area contributed by atoms with Crippen molar-refractivity contribution in [2.24, 2.45) is 7.05 Å². The summed E-state index contributed by atoms with van der Waals surface area (Å²) in [5.41, 5.74) is 0. The second kappa shape index (κ2) is 5.18. The average Bonchev–Trinajstić information content (AvgIpc) is 2.89. The predicted octanol–water partition coefficient (Wildman–Crippen LogP) is 1.55. The number of furan rings is 1. The molecule has 0 amide bonds. The summed E-state index contributed by atoms with van der Waals surface area (Å²) < 4.78 is 7.16. The monoisotopic (exact) mass is 239 g/mol. The Morgan fingerprint density at radius 3 is 3.06 bits per heavy atom. The van der Waals surface area contributed by atoms with Crippen LogP contribution in [-0.2, 0) is 7.05 Å². The Morgan fingerprint density at radius 1 is 1.50 bits per heavy atom. The van der Waals surface area contributed by atoms with Crippen LogP contribution < -0.4 is 0 Å². The molecular formula is C10H13N3O2S. The van der Waals surface area contributed by atoms with E-state index in [0.717, 1.165) is 23.2 Å². The summed E-state index contributed by atoms with van der Waals surface area (Å²) in [5, 5.41) is 17.7. The van der Waals surface area contributed by atoms with Crippen LogP contribution in [0.25, 0.3) is 11.6 Å². The smallest absolute Gasteiger partial charge is 0.200 e. The first-order chi connectivity index (χ1) is 7.83. The van der Waals surface area contributed by atoms with Gasteiger partial charge < -0.3 is 14.1 Å². The van der Waals surface area contributed by atoms with Crippen LogP contribution in [0.2, 0.25) is 0 Å². The van der Waals surface area contributed by atoms with Gasteiger partial charge in [-0.25, -0.2) is 0 Å². The quantitative estimate of drug-likeness (QED) is 0.633. The number of nitrogens with zero attached hydrogens (tertiary/aromatic N) is 3. The van der Waals surface area contributed by atoms with Gasteiger partial charge >= 0.3 is 0 Å². The lowest BCUT2D eigenvalue weighted by Crippen LogP contribution is -1.95. The molecule has 0 saturated heterocycles. The lowest BCUT2D eigenvalue weighted by atomic mass is 10.4. The van der Waals surface area contributed by atoms with Gasteiger partial charge in [0.2, 0.25) is 0 Å². The van der Waals surface area contributed by atoms with E-state index in [1.54, 1.807) is 18.0 Å². The highest BCUT2D eigenvalue weighted by Crippen LogP contribution is 2.22. The van der Waals surface area contributed by atoms with E-state index in [2.05, 4.69) is 10.2 Å². The summed E-state index contributed by atoms with van der Waals surface area (Å²) in [5.74, 6) is 2.26. The highest BCUT2D eigenvalue weighted by molar-refractivity contribution is 7.99. The maximum Gasteiger partial charge on any atom is 0.200 e. The highest BCUT2D eigenvalue weighted by atomic mass is 32.2. The van der Waals surface area contributed by atoms with Gasteiger partial charge in [0.25, 0.3) is 0 Å². The van der Waals surface area contributed by atoms with Crippen molar-refractivity contribution in [1.29, 1.82) is 0 Å². The predicted molar refractivity (Wildman–Crippen MR) is 61.1 cm³/mol. The molecule has 0 atom stereocenters. The minimum atomic E-state index is 0.204. The Morgan fingerprint density at radius 2 is 2.38 bits per heavy atom. The SMILES string of the molecule is Cn1c(SCCCO)nnc1-c1ccco1. The number of thioether (sulfide) groups is 1. The van der Waals surface area contributed by atoms with Gasteiger partial charge in [0.1, 0.15) is 0 Å². The normalized spacial score (nSPS) is 10.9. The molecule has 0 spiro atoms. The molecule has 0 saturated carbocycles. The zero-order valence-corrected chi connectivity index (χ0v) is 9.78. The van der Waals surface area contributed by atoms with E-state index in [1.165, 1.54) is 0 Å². The zero-order chi connectivity index (χ0) is 11.4. The van der Waals surface area contributed by atoms with Gasteiger partial charge in [0, 0.05) is 19.4 Å². The Hall–Kier alpha value is -1.27. The van der Waals surface area contributed by atoms with Crippen LogP contribution >= 0.6 is 11.8 Å². The number of hydrogen-bond donors (Lipinski definition) is 1. The van der Waals surface area contributed by atoms with Crippen LogP contribution in [0.4, 0.5) is 0 Å². The average molecular weight is 239 g/mol. The first-order valence-corrected chi connectivity index (χ1v) is 5.98. The summed E-state index contributed by atoms with van der Waals surface area (Å²) in [6, 6.07) is 3.68. The van der Waals surface area contributed by atoms with Gasteiger partial charge in [-0.2, -0.15) is 0 Å². The second-order valence-corrected chi connectivity index (χ2v) is 4.33. The summed E-state index contributed by atoms with van der Waals surface area (Å²) in [6.45, 7) is 0.204. The van der Waals surface area contributed by atoms with E-state index < -0.39 is 0 Å². The molecule has 6 heteroatoms. The molecule has 0 aliphatic carbocycles. The Kier molecular flexibility index (Phi) is 3.63. The number of aliphatic hydroxyl groups is 1. The van der Waals surface area contributed by atoms with E-state index in [9.17, 15) is 0 Å². The van der Waals surface area contributed by atoms with Crippen LogP contribution in [0.15, 0.2) is 28.0 Å². The van der Waals surface area contributed by atoms with Crippen LogP contribution in [0.5, 0.6) is 0 Å². The molecule has 2 heterocycles. The Balaban J connectivity index is 2.12. The zero-order valence-electron chi connectivity index (χ0n) is 8.96. The third-order valence-corrected chi connectivity index (χ3v) is 3.22. The molecule has 0 radical (unpaired) electrons. The topological polar surface area (TPSA) is 64.1 Å². The van der Waals surface area contributed by atoms with Crippen LogP contribution in [0.3, 0.4) is 0 Å². The fourth-order valence-electron chi connectivity index (χ4n) is 1.29. The van der Waals surface area contributed by atoms with E-state index in [-0.39, 0.29) is 6.61 Å². The first kappa shape index (κ1) is 11.2. The van der Waals surface area contributed by atoms with Gasteiger partial charge in [-0.15, -0.1) is 10.2 Å². The maximum atomic E-state index is 8.70. The minimum Gasteiger partial charge on any atom is -0.461 e. The van der Waals surface area contributed by atoms with Crippen molar-refractivity contribution >= 4 is 11.8 Å². The number of rotatable bonds is 5. The maximum absolute atomic E-state index is 8.70. The van der Waals surface area contributed by atoms with Gasteiger partial charge in [0.15, 0.2) is 16.7 Å². The second-order valence-electron chi connectivity index (χ2n) is 3.27. The van der Waals surface area contributed by atoms with Crippen molar-refractivity contribution in [3.05, 3.63) is 18.4 Å². The summed E-state index contributed by atoms with van der Waals surface area (Å²) in [6.07, 6.45) is 2.37. The lowest BCUT2D eigenvalue weighted by molar-refractivity contribution is 0.296. The molecule has 0 aliphatic heterocycles. The third kappa shape index (κ3) is 2.28. The molecule has 0 bridgehead atoms. The summed E-state index contributed by atoms with van der Waals surface area (Å²) >= 11 is 1.58. The Bertz CT molecular complexity index is 439. The fraction of sp³-hybridized carbons (Fsp3) is 0.400. The van der Waals surface area contributed by atoms with Gasteiger partial charge in [0.05, 0.1) is 6.26 Å². The lowest BCUT2D eigenvalue weighted by Gasteiger charge is -2.00. The van der Waals surface area contributed by atoms with Crippen molar-refractivity contribution < 1.29 is 9.52 Å². The summed E-state index contributed by atoms with van der Waals surface area (Å²) in [7, 11) is 1.90.